The second-order valence-corrected chi connectivity index (χ2v) is 6.86. The molecule has 0 aliphatic heterocycles. The van der Waals surface area contributed by atoms with Gasteiger partial charge < -0.3 is 15.9 Å². The summed E-state index contributed by atoms with van der Waals surface area (Å²) in [6.07, 6.45) is 1.57. The monoisotopic (exact) mass is 396 g/mol. The molecule has 0 aliphatic carbocycles. The number of benzene rings is 1. The molecule has 0 saturated heterocycles. The summed E-state index contributed by atoms with van der Waals surface area (Å²) >= 11 is 1.10. The molecule has 28 heavy (non-hydrogen) atoms. The number of rotatable bonds is 8. The fourth-order valence-electron chi connectivity index (χ4n) is 2.52. The molecule has 142 valence electrons. The van der Waals surface area contributed by atoms with E-state index in [0.29, 0.717) is 27.9 Å². The van der Waals surface area contributed by atoms with Crippen LogP contribution in [0.3, 0.4) is 0 Å². The average molecular weight is 396 g/mol. The van der Waals surface area contributed by atoms with Crippen molar-refractivity contribution in [1.29, 1.82) is 5.26 Å². The number of amides is 2. The number of aromatic nitrogens is 3. The van der Waals surface area contributed by atoms with E-state index in [1.54, 1.807) is 41.0 Å². The Balaban J connectivity index is 1.95. The van der Waals surface area contributed by atoms with E-state index in [2.05, 4.69) is 10.2 Å². The first-order chi connectivity index (χ1) is 13.5. The zero-order valence-electron chi connectivity index (χ0n) is 14.6. The summed E-state index contributed by atoms with van der Waals surface area (Å²) in [7, 11) is 0. The van der Waals surface area contributed by atoms with Crippen molar-refractivity contribution in [3.05, 3.63) is 53.8 Å². The summed E-state index contributed by atoms with van der Waals surface area (Å²) < 4.78 is 7.03. The second-order valence-electron chi connectivity index (χ2n) is 5.79. The lowest BCUT2D eigenvalue weighted by molar-refractivity contribution is -0.118. The molecule has 4 N–H and O–H groups in total. The van der Waals surface area contributed by atoms with Crippen LogP contribution in [-0.2, 0) is 16.1 Å². The normalized spacial score (nSPS) is 11.7. The lowest BCUT2D eigenvalue weighted by Crippen LogP contribution is -2.20. The van der Waals surface area contributed by atoms with Crippen LogP contribution in [-0.4, -0.2) is 26.6 Å². The van der Waals surface area contributed by atoms with Crippen molar-refractivity contribution in [1.82, 2.24) is 14.8 Å². The van der Waals surface area contributed by atoms with Gasteiger partial charge >= 0.3 is 0 Å². The van der Waals surface area contributed by atoms with Gasteiger partial charge in [-0.1, -0.05) is 23.9 Å². The fraction of sp³-hybridized carbons (Fsp3) is 0.167. The summed E-state index contributed by atoms with van der Waals surface area (Å²) in [6.45, 7) is 0.222. The highest BCUT2D eigenvalue weighted by Crippen LogP contribution is 2.36. The SMILES string of the molecule is N#Cc1ccc(C(Sc2nnc(-c3ccco3)n2CCC(N)=O)C(N)=O)cc1. The number of thioether (sulfide) groups is 1. The first-order valence-corrected chi connectivity index (χ1v) is 9.09. The lowest BCUT2D eigenvalue weighted by atomic mass is 10.1. The molecule has 0 saturated carbocycles. The molecule has 0 radical (unpaired) electrons. The van der Waals surface area contributed by atoms with Crippen LogP contribution >= 0.6 is 11.8 Å². The van der Waals surface area contributed by atoms with Gasteiger partial charge in [0.1, 0.15) is 5.25 Å². The number of hydrogen-bond donors (Lipinski definition) is 2. The first kappa shape index (κ1) is 19.2. The molecule has 1 atom stereocenters. The summed E-state index contributed by atoms with van der Waals surface area (Å²) in [4.78, 5) is 23.3. The zero-order valence-corrected chi connectivity index (χ0v) is 15.4. The third-order valence-electron chi connectivity index (χ3n) is 3.86. The van der Waals surface area contributed by atoms with Gasteiger partial charge in [0.2, 0.25) is 11.8 Å². The molecule has 2 amide bonds. The number of carbonyl (C=O) groups excluding carboxylic acids is 2. The molecule has 3 aromatic rings. The van der Waals surface area contributed by atoms with Crippen molar-refractivity contribution in [2.24, 2.45) is 11.5 Å². The van der Waals surface area contributed by atoms with E-state index < -0.39 is 17.1 Å². The first-order valence-electron chi connectivity index (χ1n) is 8.21. The fourth-order valence-corrected chi connectivity index (χ4v) is 3.53. The van der Waals surface area contributed by atoms with Crippen LogP contribution in [0, 0.1) is 11.3 Å². The highest BCUT2D eigenvalue weighted by molar-refractivity contribution is 8.00. The van der Waals surface area contributed by atoms with E-state index in [-0.39, 0.29) is 13.0 Å². The quantitative estimate of drug-likeness (QED) is 0.548. The predicted octanol–water partition coefficient (Wildman–Crippen LogP) is 1.60. The number of nitrogens with two attached hydrogens (primary N) is 2. The minimum atomic E-state index is -0.756. The third-order valence-corrected chi connectivity index (χ3v) is 5.12. The molecular weight excluding hydrogens is 380 g/mol. The molecule has 1 unspecified atom stereocenters. The van der Waals surface area contributed by atoms with Crippen molar-refractivity contribution in [3.63, 3.8) is 0 Å². The maximum atomic E-state index is 12.1. The van der Waals surface area contributed by atoms with Crippen molar-refractivity contribution in [2.45, 2.75) is 23.4 Å². The maximum Gasteiger partial charge on any atom is 0.235 e. The van der Waals surface area contributed by atoms with Crippen LogP contribution in [0.2, 0.25) is 0 Å². The Kier molecular flexibility index (Phi) is 5.76. The Morgan fingerprint density at radius 2 is 1.96 bits per heavy atom. The number of hydrogen-bond acceptors (Lipinski definition) is 7. The van der Waals surface area contributed by atoms with Gasteiger partial charge in [-0.05, 0) is 29.8 Å². The van der Waals surface area contributed by atoms with Crippen molar-refractivity contribution in [2.75, 3.05) is 0 Å². The summed E-state index contributed by atoms with van der Waals surface area (Å²) in [5.74, 6) is -0.165. The van der Waals surface area contributed by atoms with E-state index in [0.717, 1.165) is 11.8 Å². The van der Waals surface area contributed by atoms with Gasteiger partial charge in [-0.25, -0.2) is 0 Å². The van der Waals surface area contributed by atoms with Gasteiger partial charge in [-0.3, -0.25) is 14.2 Å². The molecule has 9 nitrogen and oxygen atoms in total. The van der Waals surface area contributed by atoms with Crippen LogP contribution in [0.15, 0.2) is 52.2 Å². The average Bonchev–Trinajstić information content (AvgIpc) is 3.33. The molecule has 0 bridgehead atoms. The van der Waals surface area contributed by atoms with Gasteiger partial charge in [-0.2, -0.15) is 5.26 Å². The summed E-state index contributed by atoms with van der Waals surface area (Å²) in [5, 5.41) is 16.8. The summed E-state index contributed by atoms with van der Waals surface area (Å²) in [5.41, 5.74) is 12.0. The number of furan rings is 1. The molecule has 2 aromatic heterocycles. The Morgan fingerprint density at radius 1 is 1.21 bits per heavy atom. The molecule has 10 heteroatoms. The highest BCUT2D eigenvalue weighted by Gasteiger charge is 2.25. The Labute approximate surface area is 164 Å². The van der Waals surface area contributed by atoms with E-state index >= 15 is 0 Å². The lowest BCUT2D eigenvalue weighted by Gasteiger charge is -2.14. The zero-order chi connectivity index (χ0) is 20.1. The standard InChI is InChI=1S/C18H16N6O3S/c19-10-11-3-5-12(6-4-11)15(16(21)26)28-18-23-22-17(13-2-1-9-27-13)24(18)8-7-14(20)25/h1-6,9,15H,7-8H2,(H2,20,25)(H2,21,26). The predicted molar refractivity (Wildman–Crippen MR) is 100 cm³/mol. The van der Waals surface area contributed by atoms with Gasteiger partial charge in [0.15, 0.2) is 16.7 Å². The molecule has 0 fully saturated rings. The Morgan fingerprint density at radius 3 is 2.54 bits per heavy atom. The molecular formula is C18H16N6O3S. The van der Waals surface area contributed by atoms with Crippen LogP contribution in [0.5, 0.6) is 0 Å². The van der Waals surface area contributed by atoms with E-state index in [4.69, 9.17) is 21.1 Å². The van der Waals surface area contributed by atoms with E-state index in [1.807, 2.05) is 6.07 Å². The van der Waals surface area contributed by atoms with E-state index in [1.165, 1.54) is 6.26 Å². The Hall–Kier alpha value is -3.58. The van der Waals surface area contributed by atoms with Gasteiger partial charge in [0.25, 0.3) is 0 Å². The molecule has 0 aliphatic rings. The van der Waals surface area contributed by atoms with Crippen LogP contribution in [0.4, 0.5) is 0 Å². The molecule has 3 rings (SSSR count). The minimum absolute atomic E-state index is 0.0669. The molecule has 2 heterocycles. The molecule has 0 spiro atoms. The highest BCUT2D eigenvalue weighted by atomic mass is 32.2. The second kappa shape index (κ2) is 8.41. The van der Waals surface area contributed by atoms with Crippen molar-refractivity contribution in [3.8, 4) is 17.7 Å². The minimum Gasteiger partial charge on any atom is -0.461 e. The maximum absolute atomic E-state index is 12.1. The van der Waals surface area contributed by atoms with Crippen molar-refractivity contribution < 1.29 is 14.0 Å². The Bertz CT molecular complexity index is 1020. The van der Waals surface area contributed by atoms with Crippen LogP contribution in [0.25, 0.3) is 11.6 Å². The van der Waals surface area contributed by atoms with Crippen LogP contribution in [0.1, 0.15) is 22.8 Å². The van der Waals surface area contributed by atoms with E-state index in [9.17, 15) is 9.59 Å². The third kappa shape index (κ3) is 4.21. The van der Waals surface area contributed by atoms with Gasteiger partial charge in [0, 0.05) is 13.0 Å². The van der Waals surface area contributed by atoms with Crippen molar-refractivity contribution >= 4 is 23.6 Å². The van der Waals surface area contributed by atoms with Gasteiger partial charge in [0.05, 0.1) is 17.9 Å². The largest absolute Gasteiger partial charge is 0.461 e. The molecule has 1 aromatic carbocycles. The number of carbonyl (C=O) groups is 2. The number of nitrogens with zero attached hydrogens (tertiary/aromatic N) is 4. The smallest absolute Gasteiger partial charge is 0.235 e. The number of primary amides is 2. The van der Waals surface area contributed by atoms with Crippen LogP contribution < -0.4 is 11.5 Å². The summed E-state index contributed by atoms with van der Waals surface area (Å²) in [6, 6.07) is 12.0. The topological polar surface area (TPSA) is 154 Å². The number of nitriles is 1. The van der Waals surface area contributed by atoms with Gasteiger partial charge in [-0.15, -0.1) is 10.2 Å².